The van der Waals surface area contributed by atoms with E-state index in [-0.39, 0.29) is 41.1 Å². The molecule has 1 aromatic rings. The van der Waals surface area contributed by atoms with Crippen molar-refractivity contribution >= 4 is 28.9 Å². The fraction of sp³-hybridized carbons (Fsp3) is 0.486. The van der Waals surface area contributed by atoms with Gasteiger partial charge in [-0.05, 0) is 75.8 Å². The SMILES string of the molecule is CC1OC(OC2C(O)CC(c3ccc4c(c3)C(=O)C3=C(C4=O)C4(O)C(=O)CC(C)(OC5C=CC(=O)C(C)O5)CC4(O)C=C3)OC2C)C=CC1=O. The van der Waals surface area contributed by atoms with Crippen molar-refractivity contribution in [2.75, 3.05) is 0 Å². The maximum atomic E-state index is 14.1. The molecule has 3 heterocycles. The summed E-state index contributed by atoms with van der Waals surface area (Å²) in [6.07, 6.45) is 0.932. The van der Waals surface area contributed by atoms with Gasteiger partial charge >= 0.3 is 0 Å². The van der Waals surface area contributed by atoms with Crippen LogP contribution in [0.3, 0.4) is 0 Å². The third-order valence-corrected chi connectivity index (χ3v) is 10.4. The number of aliphatic hydroxyl groups is 3. The molecule has 1 saturated heterocycles. The van der Waals surface area contributed by atoms with Crippen LogP contribution in [0.15, 0.2) is 65.8 Å². The summed E-state index contributed by atoms with van der Waals surface area (Å²) in [5.74, 6) is -2.77. The molecule has 264 valence electrons. The van der Waals surface area contributed by atoms with Crippen molar-refractivity contribution in [2.24, 2.45) is 0 Å². The largest absolute Gasteiger partial charge is 0.390 e. The van der Waals surface area contributed by atoms with Crippen LogP contribution in [0.1, 0.15) is 79.3 Å². The fourth-order valence-corrected chi connectivity index (χ4v) is 7.79. The highest BCUT2D eigenvalue weighted by atomic mass is 16.7. The molecular weight excluding hydrogens is 652 g/mol. The van der Waals surface area contributed by atoms with E-state index in [0.29, 0.717) is 5.56 Å². The summed E-state index contributed by atoms with van der Waals surface area (Å²) >= 11 is 0. The number of hydrogen-bond acceptors (Lipinski definition) is 13. The number of allylic oxidation sites excluding steroid dienone is 2. The first-order chi connectivity index (χ1) is 23.5. The van der Waals surface area contributed by atoms with Gasteiger partial charge < -0.3 is 39.0 Å². The van der Waals surface area contributed by atoms with Gasteiger partial charge in [-0.25, -0.2) is 0 Å². The second-order valence-corrected chi connectivity index (χ2v) is 14.1. The molecule has 1 saturated carbocycles. The second kappa shape index (κ2) is 12.2. The Morgan fingerprint density at radius 3 is 2.16 bits per heavy atom. The second-order valence-electron chi connectivity index (χ2n) is 14.1. The predicted octanol–water partition coefficient (Wildman–Crippen LogP) is 1.87. The molecule has 3 aliphatic carbocycles. The lowest BCUT2D eigenvalue weighted by Gasteiger charge is -2.53. The number of ketones is 5. The number of benzene rings is 1. The first kappa shape index (κ1) is 34.6. The lowest BCUT2D eigenvalue weighted by Crippen LogP contribution is -2.69. The minimum atomic E-state index is -2.74. The standard InChI is InChI=1S/C37H38O13/c1-17-24(38)7-9-29(47-17)49-34-19(3)46-27(14-26(34)40)20-5-6-21-23(13-20)32(42)22-11-12-36(44)16-35(4,50-30-10-8-25(39)18(2)48-30)15-28(41)37(36,45)31(22)33(21)43/h5-13,17-19,26-27,29-30,34,40,44-45H,14-16H2,1-4H3. The monoisotopic (exact) mass is 690 g/mol. The van der Waals surface area contributed by atoms with Gasteiger partial charge in [0.1, 0.15) is 23.9 Å². The van der Waals surface area contributed by atoms with Crippen LogP contribution in [0.5, 0.6) is 0 Å². The molecule has 13 nitrogen and oxygen atoms in total. The van der Waals surface area contributed by atoms with E-state index in [0.717, 1.165) is 6.08 Å². The van der Waals surface area contributed by atoms with Crippen molar-refractivity contribution in [3.05, 3.63) is 82.5 Å². The van der Waals surface area contributed by atoms with Gasteiger partial charge in [-0.15, -0.1) is 0 Å². The summed E-state index contributed by atoms with van der Waals surface area (Å²) in [5, 5.41) is 34.9. The summed E-state index contributed by atoms with van der Waals surface area (Å²) in [5.41, 5.74) is -6.65. The summed E-state index contributed by atoms with van der Waals surface area (Å²) in [6.45, 7) is 6.45. The molecule has 13 heteroatoms. The van der Waals surface area contributed by atoms with Crippen LogP contribution >= 0.6 is 0 Å². The molecule has 0 amide bonds. The van der Waals surface area contributed by atoms with E-state index in [4.69, 9.17) is 23.7 Å². The average molecular weight is 691 g/mol. The third kappa shape index (κ3) is 5.53. The Labute approximate surface area is 287 Å². The molecule has 0 bridgehead atoms. The third-order valence-electron chi connectivity index (χ3n) is 10.4. The smallest absolute Gasteiger partial charge is 0.194 e. The van der Waals surface area contributed by atoms with E-state index in [1.807, 2.05) is 0 Å². The van der Waals surface area contributed by atoms with Crippen LogP contribution < -0.4 is 0 Å². The maximum Gasteiger partial charge on any atom is 0.194 e. The normalized spacial score (nSPS) is 41.3. The minimum absolute atomic E-state index is 0.0229. The Bertz CT molecular complexity index is 1810. The molecule has 0 radical (unpaired) electrons. The zero-order chi connectivity index (χ0) is 35.9. The van der Waals surface area contributed by atoms with Gasteiger partial charge in [-0.1, -0.05) is 12.1 Å². The van der Waals surface area contributed by atoms with Crippen molar-refractivity contribution < 1.29 is 63.0 Å². The lowest BCUT2D eigenvalue weighted by molar-refractivity contribution is -0.242. The zero-order valence-corrected chi connectivity index (χ0v) is 27.9. The molecule has 0 spiro atoms. The number of carbonyl (C=O) groups excluding carboxylic acids is 5. The molecule has 11 atom stereocenters. The number of carbonyl (C=O) groups is 5. The van der Waals surface area contributed by atoms with Crippen LogP contribution in [-0.2, 0) is 38.1 Å². The van der Waals surface area contributed by atoms with Gasteiger partial charge in [-0.3, -0.25) is 24.0 Å². The first-order valence-corrected chi connectivity index (χ1v) is 16.6. The molecule has 3 N–H and O–H groups in total. The van der Waals surface area contributed by atoms with E-state index in [1.165, 1.54) is 42.5 Å². The van der Waals surface area contributed by atoms with Crippen molar-refractivity contribution in [2.45, 2.75) is 113 Å². The van der Waals surface area contributed by atoms with E-state index >= 15 is 0 Å². The molecule has 3 aliphatic heterocycles. The Hall–Kier alpha value is -3.79. The average Bonchev–Trinajstić information content (AvgIpc) is 3.05. The summed E-state index contributed by atoms with van der Waals surface area (Å²) in [7, 11) is 0. The molecule has 7 rings (SSSR count). The Morgan fingerprint density at radius 1 is 0.840 bits per heavy atom. The number of aliphatic hydroxyl groups excluding tert-OH is 1. The molecule has 6 aliphatic rings. The topological polar surface area (TPSA) is 192 Å². The van der Waals surface area contributed by atoms with Crippen LogP contribution in [-0.4, -0.2) is 104 Å². The van der Waals surface area contributed by atoms with E-state index in [1.54, 1.807) is 33.8 Å². The maximum absolute atomic E-state index is 14.1. The van der Waals surface area contributed by atoms with Crippen molar-refractivity contribution in [1.82, 2.24) is 0 Å². The highest BCUT2D eigenvalue weighted by Gasteiger charge is 2.67. The Kier molecular flexibility index (Phi) is 8.43. The number of Topliss-reactive ketones (excluding diaryl/α,β-unsaturated/α-hetero) is 3. The summed E-state index contributed by atoms with van der Waals surface area (Å²) < 4.78 is 29.3. The number of rotatable bonds is 5. The molecular formula is C37H38O13. The Balaban J connectivity index is 1.11. The van der Waals surface area contributed by atoms with Crippen molar-refractivity contribution in [1.29, 1.82) is 0 Å². The fourth-order valence-electron chi connectivity index (χ4n) is 7.79. The van der Waals surface area contributed by atoms with E-state index in [9.17, 15) is 39.3 Å². The first-order valence-electron chi connectivity index (χ1n) is 16.6. The van der Waals surface area contributed by atoms with Gasteiger partial charge in [0.2, 0.25) is 0 Å². The molecule has 1 aromatic carbocycles. The highest BCUT2D eigenvalue weighted by Crippen LogP contribution is 2.52. The minimum Gasteiger partial charge on any atom is -0.390 e. The molecule has 50 heavy (non-hydrogen) atoms. The van der Waals surface area contributed by atoms with Gasteiger partial charge in [0, 0.05) is 36.0 Å². The van der Waals surface area contributed by atoms with Crippen LogP contribution in [0, 0.1) is 0 Å². The summed E-state index contributed by atoms with van der Waals surface area (Å²) in [4.78, 5) is 65.5. The quantitative estimate of drug-likeness (QED) is 0.406. The molecule has 0 aromatic heterocycles. The zero-order valence-electron chi connectivity index (χ0n) is 27.9. The van der Waals surface area contributed by atoms with Gasteiger partial charge in [0.25, 0.3) is 0 Å². The lowest BCUT2D eigenvalue weighted by atomic mass is 9.57. The van der Waals surface area contributed by atoms with Gasteiger partial charge in [0.05, 0.1) is 29.5 Å². The highest BCUT2D eigenvalue weighted by molar-refractivity contribution is 6.31. The summed E-state index contributed by atoms with van der Waals surface area (Å²) in [6, 6.07) is 4.49. The number of hydrogen-bond donors (Lipinski definition) is 3. The van der Waals surface area contributed by atoms with Crippen LogP contribution in [0.25, 0.3) is 0 Å². The molecule has 11 unspecified atom stereocenters. The van der Waals surface area contributed by atoms with E-state index < -0.39 is 95.4 Å². The molecule has 2 fully saturated rings. The number of fused-ring (bicyclic) bond motifs is 3. The van der Waals surface area contributed by atoms with Crippen LogP contribution in [0.4, 0.5) is 0 Å². The van der Waals surface area contributed by atoms with Gasteiger partial charge in [0.15, 0.2) is 47.1 Å². The van der Waals surface area contributed by atoms with E-state index in [2.05, 4.69) is 0 Å². The predicted molar refractivity (Wildman–Crippen MR) is 171 cm³/mol. The number of ether oxygens (including phenoxy) is 5. The van der Waals surface area contributed by atoms with Crippen molar-refractivity contribution in [3.8, 4) is 0 Å². The Morgan fingerprint density at radius 2 is 1.50 bits per heavy atom. The van der Waals surface area contributed by atoms with Crippen molar-refractivity contribution in [3.63, 3.8) is 0 Å². The van der Waals surface area contributed by atoms with Gasteiger partial charge in [-0.2, -0.15) is 0 Å². The van der Waals surface area contributed by atoms with Crippen LogP contribution in [0.2, 0.25) is 0 Å².